The fourth-order valence-electron chi connectivity index (χ4n) is 2.17. The first-order valence-electron chi connectivity index (χ1n) is 5.82. The summed E-state index contributed by atoms with van der Waals surface area (Å²) in [5, 5.41) is 9.88. The highest BCUT2D eigenvalue weighted by Crippen LogP contribution is 2.22. The molecule has 0 aliphatic heterocycles. The third kappa shape index (κ3) is 2.33. The lowest BCUT2D eigenvalue weighted by Gasteiger charge is -2.11. The first-order chi connectivity index (χ1) is 8.49. The molecule has 3 N–H and O–H groups in total. The SMILES string of the molecule is Cc1cc(C)c2nccc(CC(N)C(=O)O)c2c1. The van der Waals surface area contributed by atoms with Gasteiger partial charge in [-0.1, -0.05) is 11.6 Å². The third-order valence-electron chi connectivity index (χ3n) is 3.03. The van der Waals surface area contributed by atoms with E-state index < -0.39 is 12.0 Å². The van der Waals surface area contributed by atoms with E-state index in [2.05, 4.69) is 11.1 Å². The second-order valence-corrected chi connectivity index (χ2v) is 4.60. The number of hydrogen-bond donors (Lipinski definition) is 2. The average molecular weight is 244 g/mol. The quantitative estimate of drug-likeness (QED) is 0.863. The molecule has 0 aliphatic rings. The molecule has 0 amide bonds. The Bertz CT molecular complexity index is 608. The molecule has 94 valence electrons. The van der Waals surface area contributed by atoms with Crippen LogP contribution in [0.3, 0.4) is 0 Å². The lowest BCUT2D eigenvalue weighted by molar-refractivity contribution is -0.138. The number of carboxylic acids is 1. The standard InChI is InChI=1S/C14H16N2O2/c1-8-5-9(2)13-11(6-8)10(3-4-16-13)7-12(15)14(17)18/h3-6,12H,7,15H2,1-2H3,(H,17,18). The number of nitrogens with zero attached hydrogens (tertiary/aromatic N) is 1. The van der Waals surface area contributed by atoms with E-state index in [-0.39, 0.29) is 0 Å². The summed E-state index contributed by atoms with van der Waals surface area (Å²) < 4.78 is 0. The van der Waals surface area contributed by atoms with Crippen LogP contribution in [-0.2, 0) is 11.2 Å². The van der Waals surface area contributed by atoms with Gasteiger partial charge in [-0.3, -0.25) is 9.78 Å². The normalized spacial score (nSPS) is 12.6. The Morgan fingerprint density at radius 1 is 1.44 bits per heavy atom. The van der Waals surface area contributed by atoms with Gasteiger partial charge >= 0.3 is 5.97 Å². The smallest absolute Gasteiger partial charge is 0.320 e. The van der Waals surface area contributed by atoms with E-state index in [0.717, 1.165) is 27.6 Å². The molecule has 0 spiro atoms. The summed E-state index contributed by atoms with van der Waals surface area (Å²) in [4.78, 5) is 15.2. The maximum atomic E-state index is 10.8. The van der Waals surface area contributed by atoms with Crippen LogP contribution in [0.5, 0.6) is 0 Å². The highest BCUT2D eigenvalue weighted by atomic mass is 16.4. The fourth-order valence-corrected chi connectivity index (χ4v) is 2.17. The molecule has 1 heterocycles. The van der Waals surface area contributed by atoms with Crippen molar-refractivity contribution in [1.29, 1.82) is 0 Å². The van der Waals surface area contributed by atoms with Crippen LogP contribution in [-0.4, -0.2) is 22.1 Å². The van der Waals surface area contributed by atoms with Crippen LogP contribution in [0.1, 0.15) is 16.7 Å². The molecule has 4 nitrogen and oxygen atoms in total. The van der Waals surface area contributed by atoms with Crippen molar-refractivity contribution in [2.24, 2.45) is 5.73 Å². The van der Waals surface area contributed by atoms with E-state index in [1.807, 2.05) is 26.0 Å². The fraction of sp³-hybridized carbons (Fsp3) is 0.286. The number of benzene rings is 1. The van der Waals surface area contributed by atoms with E-state index in [4.69, 9.17) is 10.8 Å². The van der Waals surface area contributed by atoms with Crippen molar-refractivity contribution in [3.8, 4) is 0 Å². The molecule has 2 aromatic rings. The third-order valence-corrected chi connectivity index (χ3v) is 3.03. The Hall–Kier alpha value is -1.94. The number of nitrogens with two attached hydrogens (primary N) is 1. The van der Waals surface area contributed by atoms with E-state index in [0.29, 0.717) is 6.42 Å². The van der Waals surface area contributed by atoms with Gasteiger partial charge in [0.15, 0.2) is 0 Å². The highest BCUT2D eigenvalue weighted by molar-refractivity contribution is 5.86. The predicted octanol–water partition coefficient (Wildman–Crippen LogP) is 1.81. The van der Waals surface area contributed by atoms with Gasteiger partial charge < -0.3 is 10.8 Å². The summed E-state index contributed by atoms with van der Waals surface area (Å²) in [7, 11) is 0. The summed E-state index contributed by atoms with van der Waals surface area (Å²) in [6.45, 7) is 4.02. The molecular weight excluding hydrogens is 228 g/mol. The zero-order valence-electron chi connectivity index (χ0n) is 10.5. The van der Waals surface area contributed by atoms with Gasteiger partial charge in [-0.15, -0.1) is 0 Å². The topological polar surface area (TPSA) is 76.2 Å². The first-order valence-corrected chi connectivity index (χ1v) is 5.82. The number of pyridine rings is 1. The van der Waals surface area contributed by atoms with Crippen LogP contribution in [0.2, 0.25) is 0 Å². The molecule has 1 aromatic heterocycles. The number of aryl methyl sites for hydroxylation is 2. The molecule has 18 heavy (non-hydrogen) atoms. The summed E-state index contributed by atoms with van der Waals surface area (Å²) in [6, 6.07) is 5.05. The number of fused-ring (bicyclic) bond motifs is 1. The monoisotopic (exact) mass is 244 g/mol. The minimum Gasteiger partial charge on any atom is -0.480 e. The van der Waals surface area contributed by atoms with Gasteiger partial charge in [0.2, 0.25) is 0 Å². The van der Waals surface area contributed by atoms with Gasteiger partial charge in [0, 0.05) is 11.6 Å². The van der Waals surface area contributed by atoms with E-state index in [1.54, 1.807) is 6.20 Å². The number of carbonyl (C=O) groups is 1. The first kappa shape index (κ1) is 12.5. The largest absolute Gasteiger partial charge is 0.480 e. The van der Waals surface area contributed by atoms with Gasteiger partial charge in [0.25, 0.3) is 0 Å². The molecule has 1 atom stereocenters. The van der Waals surface area contributed by atoms with Crippen molar-refractivity contribution in [1.82, 2.24) is 4.98 Å². The van der Waals surface area contributed by atoms with Gasteiger partial charge in [0.05, 0.1) is 5.52 Å². The summed E-state index contributed by atoms with van der Waals surface area (Å²) in [5.74, 6) is -0.982. The van der Waals surface area contributed by atoms with Gasteiger partial charge in [0.1, 0.15) is 6.04 Å². The molecule has 1 unspecified atom stereocenters. The maximum absolute atomic E-state index is 10.8. The number of carboxylic acid groups (broad SMARTS) is 1. The maximum Gasteiger partial charge on any atom is 0.320 e. The van der Waals surface area contributed by atoms with Crippen LogP contribution in [0.25, 0.3) is 10.9 Å². The number of aliphatic carboxylic acids is 1. The Labute approximate surface area is 105 Å². The molecular formula is C14H16N2O2. The minimum atomic E-state index is -0.982. The minimum absolute atomic E-state index is 0.317. The van der Waals surface area contributed by atoms with E-state index >= 15 is 0 Å². The van der Waals surface area contributed by atoms with Crippen molar-refractivity contribution in [3.63, 3.8) is 0 Å². The molecule has 0 radical (unpaired) electrons. The molecule has 0 fully saturated rings. The van der Waals surface area contributed by atoms with Crippen molar-refractivity contribution < 1.29 is 9.90 Å². The predicted molar refractivity (Wildman–Crippen MR) is 70.5 cm³/mol. The van der Waals surface area contributed by atoms with Crippen LogP contribution >= 0.6 is 0 Å². The second-order valence-electron chi connectivity index (χ2n) is 4.60. The molecule has 0 aliphatic carbocycles. The molecule has 1 aromatic carbocycles. The van der Waals surface area contributed by atoms with Crippen LogP contribution in [0.15, 0.2) is 24.4 Å². The summed E-state index contributed by atoms with van der Waals surface area (Å²) >= 11 is 0. The number of hydrogen-bond acceptors (Lipinski definition) is 3. The van der Waals surface area contributed by atoms with Crippen LogP contribution in [0.4, 0.5) is 0 Å². The van der Waals surface area contributed by atoms with Gasteiger partial charge in [-0.2, -0.15) is 0 Å². The van der Waals surface area contributed by atoms with Crippen molar-refractivity contribution >= 4 is 16.9 Å². The average Bonchev–Trinajstić information content (AvgIpc) is 2.29. The van der Waals surface area contributed by atoms with Crippen LogP contribution in [0, 0.1) is 13.8 Å². The molecule has 0 bridgehead atoms. The number of rotatable bonds is 3. The highest BCUT2D eigenvalue weighted by Gasteiger charge is 2.14. The zero-order chi connectivity index (χ0) is 13.3. The lowest BCUT2D eigenvalue weighted by Crippen LogP contribution is -2.32. The zero-order valence-corrected chi connectivity index (χ0v) is 10.5. The molecule has 0 saturated heterocycles. The van der Waals surface area contributed by atoms with Gasteiger partial charge in [-0.05, 0) is 43.5 Å². The Morgan fingerprint density at radius 2 is 2.17 bits per heavy atom. The Morgan fingerprint density at radius 3 is 2.83 bits per heavy atom. The Kier molecular flexibility index (Phi) is 3.30. The van der Waals surface area contributed by atoms with Gasteiger partial charge in [-0.25, -0.2) is 0 Å². The molecule has 0 saturated carbocycles. The van der Waals surface area contributed by atoms with E-state index in [1.165, 1.54) is 0 Å². The Balaban J connectivity index is 2.54. The second kappa shape index (κ2) is 4.74. The van der Waals surface area contributed by atoms with Crippen LogP contribution < -0.4 is 5.73 Å². The molecule has 4 heteroatoms. The summed E-state index contributed by atoms with van der Waals surface area (Å²) in [6.07, 6.45) is 2.02. The van der Waals surface area contributed by atoms with Crippen molar-refractivity contribution in [2.75, 3.05) is 0 Å². The number of aromatic nitrogens is 1. The van der Waals surface area contributed by atoms with Crippen molar-refractivity contribution in [2.45, 2.75) is 26.3 Å². The molecule has 2 rings (SSSR count). The van der Waals surface area contributed by atoms with E-state index in [9.17, 15) is 4.79 Å². The lowest BCUT2D eigenvalue weighted by atomic mass is 9.98. The van der Waals surface area contributed by atoms with Crippen molar-refractivity contribution in [3.05, 3.63) is 41.1 Å². The summed E-state index contributed by atoms with van der Waals surface area (Å²) in [5.41, 5.74) is 9.67.